The highest BCUT2D eigenvalue weighted by Gasteiger charge is 2.52. The Kier molecular flexibility index (Phi) is 5.79. The van der Waals surface area contributed by atoms with Gasteiger partial charge in [-0.25, -0.2) is 4.79 Å². The molecular weight excluding hydrogens is 464 g/mol. The highest BCUT2D eigenvalue weighted by atomic mass is 79.9. The van der Waals surface area contributed by atoms with Gasteiger partial charge < -0.3 is 4.74 Å². The molecule has 0 N–H and O–H groups in total. The van der Waals surface area contributed by atoms with Crippen LogP contribution in [0.4, 0.5) is 0 Å². The topological polar surface area (TPSA) is 61.2 Å². The summed E-state index contributed by atoms with van der Waals surface area (Å²) >= 11 is 7.33. The monoisotopic (exact) mass is 482 g/mol. The molecule has 26 heavy (non-hydrogen) atoms. The van der Waals surface area contributed by atoms with Gasteiger partial charge in [-0.2, -0.15) is 4.98 Å². The first-order chi connectivity index (χ1) is 12.3. The lowest BCUT2D eigenvalue weighted by Gasteiger charge is -2.26. The fourth-order valence-corrected chi connectivity index (χ4v) is 4.41. The van der Waals surface area contributed by atoms with Crippen molar-refractivity contribution in [2.24, 2.45) is 5.92 Å². The summed E-state index contributed by atoms with van der Waals surface area (Å²) in [6.07, 6.45) is 2.11. The molecule has 1 fully saturated rings. The van der Waals surface area contributed by atoms with E-state index in [1.807, 2.05) is 18.2 Å². The Morgan fingerprint density at radius 2 is 1.96 bits per heavy atom. The molecule has 1 aromatic carbocycles. The van der Waals surface area contributed by atoms with Gasteiger partial charge in [-0.05, 0) is 12.5 Å². The van der Waals surface area contributed by atoms with Crippen LogP contribution >= 0.6 is 31.9 Å². The van der Waals surface area contributed by atoms with E-state index >= 15 is 0 Å². The Hall–Kier alpha value is -1.31. The Bertz CT molecular complexity index is 851. The third-order valence-electron chi connectivity index (χ3n) is 4.78. The molecule has 0 saturated carbocycles. The van der Waals surface area contributed by atoms with Gasteiger partial charge >= 0.3 is 5.69 Å². The number of aromatic nitrogens is 2. The van der Waals surface area contributed by atoms with E-state index in [2.05, 4.69) is 50.7 Å². The van der Waals surface area contributed by atoms with Crippen molar-refractivity contribution in [3.8, 4) is 0 Å². The zero-order valence-electron chi connectivity index (χ0n) is 14.6. The Morgan fingerprint density at radius 3 is 2.54 bits per heavy atom. The normalized spacial score (nSPS) is 24.5. The van der Waals surface area contributed by atoms with E-state index in [0.717, 1.165) is 6.42 Å². The first-order valence-electron chi connectivity index (χ1n) is 8.54. The fourth-order valence-electron chi connectivity index (χ4n) is 3.16. The van der Waals surface area contributed by atoms with Crippen LogP contribution in [0.5, 0.6) is 0 Å². The summed E-state index contributed by atoms with van der Waals surface area (Å²) in [6.45, 7) is 4.13. The van der Waals surface area contributed by atoms with Crippen LogP contribution in [0.25, 0.3) is 0 Å². The largest absolute Gasteiger partial charge is 0.352 e. The molecule has 7 heteroatoms. The maximum Gasteiger partial charge on any atom is 0.349 e. The Morgan fingerprint density at radius 1 is 1.27 bits per heavy atom. The smallest absolute Gasteiger partial charge is 0.349 e. The van der Waals surface area contributed by atoms with Crippen LogP contribution in [0.3, 0.4) is 0 Å². The van der Waals surface area contributed by atoms with Crippen LogP contribution in [0.1, 0.15) is 42.5 Å². The molecule has 1 aromatic heterocycles. The quantitative estimate of drug-likeness (QED) is 0.474. The van der Waals surface area contributed by atoms with Crippen molar-refractivity contribution in [1.82, 2.24) is 9.55 Å². The molecule has 1 aliphatic rings. The minimum Gasteiger partial charge on any atom is -0.352 e. The minimum absolute atomic E-state index is 0.0324. The summed E-state index contributed by atoms with van der Waals surface area (Å²) in [7, 11) is 0. The highest BCUT2D eigenvalue weighted by molar-refractivity contribution is 9.25. The standard InChI is InChI=1S/C19H20Br2N2O3/c1-3-16-12(2)19(20,21)17(26-16)23-10-9-14(22-18(23)25)11-15(24)13-7-5-4-6-8-13/h4-10,12,16-17H,3,11H2,1-2H3/t12-,16-,17-/m1/s1. The van der Waals surface area contributed by atoms with E-state index in [9.17, 15) is 9.59 Å². The van der Waals surface area contributed by atoms with Gasteiger partial charge in [0, 0.05) is 17.7 Å². The van der Waals surface area contributed by atoms with Crippen molar-refractivity contribution in [3.63, 3.8) is 0 Å². The Balaban J connectivity index is 1.82. The van der Waals surface area contributed by atoms with E-state index in [-0.39, 0.29) is 24.2 Å². The van der Waals surface area contributed by atoms with Gasteiger partial charge in [-0.3, -0.25) is 9.36 Å². The average molecular weight is 484 g/mol. The number of Topliss-reactive ketones (excluding diaryl/α,β-unsaturated/α-hetero) is 1. The molecule has 0 amide bonds. The van der Waals surface area contributed by atoms with Crippen molar-refractivity contribution in [1.29, 1.82) is 0 Å². The number of ketones is 1. The van der Waals surface area contributed by atoms with Gasteiger partial charge in [0.15, 0.2) is 12.0 Å². The third kappa shape index (κ3) is 3.70. The molecule has 138 valence electrons. The lowest BCUT2D eigenvalue weighted by molar-refractivity contribution is -0.00752. The van der Waals surface area contributed by atoms with Crippen molar-refractivity contribution < 1.29 is 9.53 Å². The van der Waals surface area contributed by atoms with Crippen molar-refractivity contribution >= 4 is 37.6 Å². The molecule has 3 atom stereocenters. The molecule has 0 unspecified atom stereocenters. The van der Waals surface area contributed by atoms with Crippen molar-refractivity contribution in [2.75, 3.05) is 0 Å². The van der Waals surface area contributed by atoms with Crippen molar-refractivity contribution in [3.05, 3.63) is 64.3 Å². The summed E-state index contributed by atoms with van der Waals surface area (Å²) in [4.78, 5) is 28.9. The van der Waals surface area contributed by atoms with Gasteiger partial charge in [0.1, 0.15) is 3.23 Å². The summed E-state index contributed by atoms with van der Waals surface area (Å²) in [6, 6.07) is 10.7. The fraction of sp³-hybridized carbons (Fsp3) is 0.421. The zero-order valence-corrected chi connectivity index (χ0v) is 17.7. The summed E-state index contributed by atoms with van der Waals surface area (Å²) in [5, 5.41) is 0. The predicted octanol–water partition coefficient (Wildman–Crippen LogP) is 4.10. The number of rotatable bonds is 5. The molecule has 3 rings (SSSR count). The van der Waals surface area contributed by atoms with Gasteiger partial charge in [-0.1, -0.05) is 76.0 Å². The first kappa shape index (κ1) is 19.5. The van der Waals surface area contributed by atoms with Gasteiger partial charge in [0.25, 0.3) is 0 Å². The third-order valence-corrected chi connectivity index (χ3v) is 7.01. The summed E-state index contributed by atoms with van der Waals surface area (Å²) in [5.74, 6) is 0.103. The van der Waals surface area contributed by atoms with E-state index < -0.39 is 15.2 Å². The lowest BCUT2D eigenvalue weighted by Crippen LogP contribution is -2.35. The molecule has 2 aromatic rings. The molecule has 1 saturated heterocycles. The second kappa shape index (κ2) is 7.74. The first-order valence-corrected chi connectivity index (χ1v) is 10.1. The lowest BCUT2D eigenvalue weighted by atomic mass is 10.0. The molecule has 1 aliphatic heterocycles. The highest BCUT2D eigenvalue weighted by Crippen LogP contribution is 2.53. The number of benzene rings is 1. The van der Waals surface area contributed by atoms with Gasteiger partial charge in [0.05, 0.1) is 18.2 Å². The number of nitrogens with zero attached hydrogens (tertiary/aromatic N) is 2. The van der Waals surface area contributed by atoms with Crippen molar-refractivity contribution in [2.45, 2.75) is 42.3 Å². The minimum atomic E-state index is -0.548. The van der Waals surface area contributed by atoms with E-state index in [1.165, 1.54) is 4.57 Å². The maximum absolute atomic E-state index is 12.6. The Labute approximate surface area is 169 Å². The second-order valence-electron chi connectivity index (χ2n) is 6.47. The number of carbonyl (C=O) groups excluding carboxylic acids is 1. The van der Waals surface area contributed by atoms with Crippen LogP contribution < -0.4 is 5.69 Å². The van der Waals surface area contributed by atoms with Gasteiger partial charge in [0.2, 0.25) is 0 Å². The average Bonchev–Trinajstić information content (AvgIpc) is 2.85. The van der Waals surface area contributed by atoms with Crippen LogP contribution in [0, 0.1) is 5.92 Å². The molecule has 0 aliphatic carbocycles. The number of hydrogen-bond donors (Lipinski definition) is 0. The molecular formula is C19H20Br2N2O3. The number of alkyl halides is 2. The van der Waals surface area contributed by atoms with Crippen LogP contribution in [-0.4, -0.2) is 24.7 Å². The summed E-state index contributed by atoms with van der Waals surface area (Å²) < 4.78 is 6.97. The van der Waals surface area contributed by atoms with Crippen LogP contribution in [-0.2, 0) is 11.2 Å². The summed E-state index contributed by atoms with van der Waals surface area (Å²) in [5.41, 5.74) is 0.630. The maximum atomic E-state index is 12.6. The molecule has 2 heterocycles. The van der Waals surface area contributed by atoms with E-state index in [1.54, 1.807) is 24.4 Å². The predicted molar refractivity (Wildman–Crippen MR) is 107 cm³/mol. The second-order valence-corrected chi connectivity index (χ2v) is 10.2. The molecule has 0 spiro atoms. The number of ether oxygens (including phenoxy) is 1. The molecule has 0 radical (unpaired) electrons. The molecule has 5 nitrogen and oxygen atoms in total. The number of carbonyl (C=O) groups is 1. The molecule has 0 bridgehead atoms. The number of hydrogen-bond acceptors (Lipinski definition) is 4. The van der Waals surface area contributed by atoms with E-state index in [4.69, 9.17) is 4.74 Å². The zero-order chi connectivity index (χ0) is 18.9. The van der Waals surface area contributed by atoms with Crippen LogP contribution in [0.2, 0.25) is 0 Å². The number of halogens is 2. The van der Waals surface area contributed by atoms with E-state index in [0.29, 0.717) is 11.3 Å². The SMILES string of the molecule is CC[C@H]1O[C@@H](n2ccc(CC(=O)c3ccccc3)nc2=O)C(Br)(Br)[C@@H]1C. The van der Waals surface area contributed by atoms with Gasteiger partial charge in [-0.15, -0.1) is 0 Å². The van der Waals surface area contributed by atoms with Crippen LogP contribution in [0.15, 0.2) is 47.4 Å².